The molecule has 1 amide bonds. The molecule has 130 valence electrons. The number of piperidine rings is 1. The molecule has 25 heavy (non-hydrogen) atoms. The first-order chi connectivity index (χ1) is 12.1. The van der Waals surface area contributed by atoms with E-state index in [-0.39, 0.29) is 23.1 Å². The van der Waals surface area contributed by atoms with E-state index in [1.54, 1.807) is 4.90 Å². The predicted molar refractivity (Wildman–Crippen MR) is 91.2 cm³/mol. The van der Waals surface area contributed by atoms with Crippen LogP contribution in [0.2, 0.25) is 0 Å². The number of hydrogen-bond acceptors (Lipinski definition) is 4. The third kappa shape index (κ3) is 3.85. The van der Waals surface area contributed by atoms with Crippen LogP contribution in [-0.2, 0) is 0 Å². The summed E-state index contributed by atoms with van der Waals surface area (Å²) in [6, 6.07) is 12.2. The van der Waals surface area contributed by atoms with Gasteiger partial charge in [0, 0.05) is 19.3 Å². The first-order valence-corrected chi connectivity index (χ1v) is 8.28. The molecule has 0 saturated carbocycles. The summed E-state index contributed by atoms with van der Waals surface area (Å²) in [6.45, 7) is 1.04. The zero-order chi connectivity index (χ0) is 17.8. The van der Waals surface area contributed by atoms with Crippen molar-refractivity contribution in [3.63, 3.8) is 0 Å². The summed E-state index contributed by atoms with van der Waals surface area (Å²) in [5.41, 5.74) is 1.08. The van der Waals surface area contributed by atoms with Crippen LogP contribution >= 0.6 is 0 Å². The van der Waals surface area contributed by atoms with Gasteiger partial charge in [-0.3, -0.25) is 9.78 Å². The Kier molecular flexibility index (Phi) is 5.09. The fraction of sp³-hybridized carbons (Fsp3) is 0.316. The Morgan fingerprint density at radius 3 is 2.44 bits per heavy atom. The number of likely N-dealkylation sites (tertiary alicyclic amines) is 1. The van der Waals surface area contributed by atoms with Crippen LogP contribution in [0.15, 0.2) is 48.7 Å². The number of carboxylic acid groups (broad SMARTS) is 1. The smallest absolute Gasteiger partial charge is 0.335 e. The maximum Gasteiger partial charge on any atom is 0.335 e. The monoisotopic (exact) mass is 340 g/mol. The van der Waals surface area contributed by atoms with E-state index in [0.29, 0.717) is 25.9 Å². The summed E-state index contributed by atoms with van der Waals surface area (Å²) in [5.74, 6) is -1.25. The van der Waals surface area contributed by atoms with Gasteiger partial charge in [-0.2, -0.15) is 0 Å². The number of aromatic carboxylic acids is 1. The lowest BCUT2D eigenvalue weighted by Crippen LogP contribution is -2.40. The topological polar surface area (TPSA) is 90.7 Å². The number of carbonyl (C=O) groups excluding carboxylic acids is 1. The van der Waals surface area contributed by atoms with Crippen molar-refractivity contribution in [3.05, 3.63) is 65.5 Å². The van der Waals surface area contributed by atoms with Gasteiger partial charge in [-0.05, 0) is 36.5 Å². The molecule has 1 saturated heterocycles. The maximum atomic E-state index is 12.5. The molecule has 1 aliphatic heterocycles. The van der Waals surface area contributed by atoms with Crippen LogP contribution in [0.4, 0.5) is 0 Å². The van der Waals surface area contributed by atoms with E-state index in [4.69, 9.17) is 5.11 Å². The molecule has 2 aromatic rings. The van der Waals surface area contributed by atoms with Gasteiger partial charge in [0.05, 0.1) is 11.7 Å². The van der Waals surface area contributed by atoms with Gasteiger partial charge in [0.25, 0.3) is 5.91 Å². The minimum atomic E-state index is -1.08. The summed E-state index contributed by atoms with van der Waals surface area (Å²) >= 11 is 0. The van der Waals surface area contributed by atoms with E-state index in [0.717, 1.165) is 5.56 Å². The fourth-order valence-corrected chi connectivity index (χ4v) is 3.18. The van der Waals surface area contributed by atoms with E-state index in [2.05, 4.69) is 4.98 Å². The van der Waals surface area contributed by atoms with Gasteiger partial charge in [0.1, 0.15) is 5.69 Å². The Hall–Kier alpha value is -2.73. The van der Waals surface area contributed by atoms with Crippen LogP contribution in [0, 0.1) is 5.92 Å². The molecule has 3 rings (SSSR count). The van der Waals surface area contributed by atoms with Crippen molar-refractivity contribution in [2.75, 3.05) is 13.1 Å². The Morgan fingerprint density at radius 2 is 1.80 bits per heavy atom. The molecule has 2 N–H and O–H groups in total. The number of carboxylic acids is 1. The van der Waals surface area contributed by atoms with Crippen molar-refractivity contribution in [3.8, 4) is 0 Å². The number of pyridine rings is 1. The lowest BCUT2D eigenvalue weighted by Gasteiger charge is -2.34. The summed E-state index contributed by atoms with van der Waals surface area (Å²) in [5, 5.41) is 19.5. The molecule has 1 unspecified atom stereocenters. The Morgan fingerprint density at radius 1 is 1.12 bits per heavy atom. The molecule has 1 aliphatic rings. The Bertz CT molecular complexity index is 755. The maximum absolute atomic E-state index is 12.5. The number of aliphatic hydroxyl groups excluding tert-OH is 1. The van der Waals surface area contributed by atoms with Gasteiger partial charge in [-0.15, -0.1) is 0 Å². The SMILES string of the molecule is O=C(O)c1ccnc(C(=O)N2CCC(C(O)c3ccccc3)CC2)c1. The van der Waals surface area contributed by atoms with Crippen molar-refractivity contribution in [1.82, 2.24) is 9.88 Å². The molecule has 1 aromatic heterocycles. The van der Waals surface area contributed by atoms with Crippen LogP contribution < -0.4 is 0 Å². The van der Waals surface area contributed by atoms with Gasteiger partial charge in [0.15, 0.2) is 0 Å². The van der Waals surface area contributed by atoms with Crippen LogP contribution in [0.5, 0.6) is 0 Å². The highest BCUT2D eigenvalue weighted by Crippen LogP contribution is 2.30. The number of carbonyl (C=O) groups is 2. The summed E-state index contributed by atoms with van der Waals surface area (Å²) in [4.78, 5) is 29.2. The zero-order valence-electron chi connectivity index (χ0n) is 13.7. The lowest BCUT2D eigenvalue weighted by molar-refractivity contribution is 0.0458. The van der Waals surface area contributed by atoms with Crippen LogP contribution in [0.1, 0.15) is 45.4 Å². The summed E-state index contributed by atoms with van der Waals surface area (Å²) in [7, 11) is 0. The molecule has 1 aromatic carbocycles. The first kappa shape index (κ1) is 17.1. The number of hydrogen-bond donors (Lipinski definition) is 2. The lowest BCUT2D eigenvalue weighted by atomic mass is 9.87. The molecule has 0 radical (unpaired) electrons. The van der Waals surface area contributed by atoms with Gasteiger partial charge in [0.2, 0.25) is 0 Å². The van der Waals surface area contributed by atoms with Gasteiger partial charge in [-0.1, -0.05) is 30.3 Å². The summed E-state index contributed by atoms with van der Waals surface area (Å²) in [6.07, 6.45) is 2.19. The van der Waals surface area contributed by atoms with Gasteiger partial charge >= 0.3 is 5.97 Å². The molecule has 2 heterocycles. The number of aliphatic hydroxyl groups is 1. The number of nitrogens with zero attached hydrogens (tertiary/aromatic N) is 2. The van der Waals surface area contributed by atoms with Crippen molar-refractivity contribution < 1.29 is 19.8 Å². The minimum absolute atomic E-state index is 0.0488. The fourth-order valence-electron chi connectivity index (χ4n) is 3.18. The largest absolute Gasteiger partial charge is 0.478 e. The average molecular weight is 340 g/mol. The quantitative estimate of drug-likeness (QED) is 0.892. The predicted octanol–water partition coefficient (Wildman–Crippen LogP) is 2.37. The van der Waals surface area contributed by atoms with E-state index in [1.165, 1.54) is 18.3 Å². The molecule has 1 atom stereocenters. The van der Waals surface area contributed by atoms with Gasteiger partial charge in [-0.25, -0.2) is 4.79 Å². The second-order valence-electron chi connectivity index (χ2n) is 6.22. The third-order valence-corrected chi connectivity index (χ3v) is 4.64. The average Bonchev–Trinajstić information content (AvgIpc) is 2.67. The van der Waals surface area contributed by atoms with Crippen molar-refractivity contribution in [2.45, 2.75) is 18.9 Å². The first-order valence-electron chi connectivity index (χ1n) is 8.28. The molecule has 6 nitrogen and oxygen atoms in total. The van der Waals surface area contributed by atoms with Crippen molar-refractivity contribution in [1.29, 1.82) is 0 Å². The molecule has 1 fully saturated rings. The molecular weight excluding hydrogens is 320 g/mol. The highest BCUT2D eigenvalue weighted by Gasteiger charge is 2.29. The van der Waals surface area contributed by atoms with E-state index in [1.807, 2.05) is 30.3 Å². The third-order valence-electron chi connectivity index (χ3n) is 4.64. The molecule has 0 spiro atoms. The van der Waals surface area contributed by atoms with Crippen LogP contribution in [0.3, 0.4) is 0 Å². The van der Waals surface area contributed by atoms with E-state index >= 15 is 0 Å². The molecular formula is C19H20N2O4. The van der Waals surface area contributed by atoms with Crippen LogP contribution in [-0.4, -0.2) is 45.1 Å². The number of aromatic nitrogens is 1. The van der Waals surface area contributed by atoms with E-state index < -0.39 is 12.1 Å². The zero-order valence-corrected chi connectivity index (χ0v) is 13.7. The molecule has 0 bridgehead atoms. The van der Waals surface area contributed by atoms with Crippen molar-refractivity contribution >= 4 is 11.9 Å². The Balaban J connectivity index is 1.63. The highest BCUT2D eigenvalue weighted by atomic mass is 16.4. The summed E-state index contributed by atoms with van der Waals surface area (Å²) < 4.78 is 0. The number of benzene rings is 1. The number of amides is 1. The molecule has 0 aliphatic carbocycles. The van der Waals surface area contributed by atoms with Gasteiger partial charge < -0.3 is 15.1 Å². The highest BCUT2D eigenvalue weighted by molar-refractivity contribution is 5.95. The van der Waals surface area contributed by atoms with Crippen molar-refractivity contribution in [2.24, 2.45) is 5.92 Å². The second-order valence-corrected chi connectivity index (χ2v) is 6.22. The second kappa shape index (κ2) is 7.44. The standard InChI is InChI=1S/C19H20N2O4/c22-17(13-4-2-1-3-5-13)14-7-10-21(11-8-14)18(23)16-12-15(19(24)25)6-9-20-16/h1-6,9,12,14,17,22H,7-8,10-11H2,(H,24,25). The number of rotatable bonds is 4. The minimum Gasteiger partial charge on any atom is -0.478 e. The Labute approximate surface area is 145 Å². The molecule has 6 heteroatoms. The van der Waals surface area contributed by atoms with Crippen LogP contribution in [0.25, 0.3) is 0 Å². The normalized spacial score (nSPS) is 16.4. The van der Waals surface area contributed by atoms with E-state index in [9.17, 15) is 14.7 Å².